The van der Waals surface area contributed by atoms with Gasteiger partial charge < -0.3 is 0 Å². The van der Waals surface area contributed by atoms with Crippen molar-refractivity contribution in [2.24, 2.45) is 0 Å². The van der Waals surface area contributed by atoms with Crippen molar-refractivity contribution in [2.45, 2.75) is 5.33 Å². The highest BCUT2D eigenvalue weighted by molar-refractivity contribution is 9.10. The fourth-order valence-corrected chi connectivity index (χ4v) is 2.15. The van der Waals surface area contributed by atoms with Crippen molar-refractivity contribution in [1.29, 1.82) is 0 Å². The lowest BCUT2D eigenvalue weighted by atomic mass is 10.2. The number of carbonyl (C=O) groups excluding carboxylic acids is 1. The van der Waals surface area contributed by atoms with E-state index in [1.54, 1.807) is 6.07 Å². The number of halogens is 2. The summed E-state index contributed by atoms with van der Waals surface area (Å²) in [5.74, 6) is 0. The second-order valence-corrected chi connectivity index (χ2v) is 3.52. The van der Waals surface area contributed by atoms with Gasteiger partial charge in [-0.3, -0.25) is 4.79 Å². The molecule has 1 nitrogen and oxygen atoms in total. The van der Waals surface area contributed by atoms with Crippen LogP contribution in [0, 0.1) is 0 Å². The Morgan fingerprint density at radius 2 is 2.18 bits per heavy atom. The van der Waals surface area contributed by atoms with E-state index in [9.17, 15) is 4.79 Å². The molecule has 0 aliphatic carbocycles. The number of rotatable bonds is 2. The van der Waals surface area contributed by atoms with Crippen LogP contribution in [-0.2, 0) is 5.33 Å². The molecule has 0 N–H and O–H groups in total. The van der Waals surface area contributed by atoms with E-state index >= 15 is 0 Å². The Morgan fingerprint density at radius 3 is 2.64 bits per heavy atom. The molecule has 0 bridgehead atoms. The minimum Gasteiger partial charge on any atom is -0.298 e. The van der Waals surface area contributed by atoms with Crippen LogP contribution in [0.15, 0.2) is 22.7 Å². The molecule has 0 aliphatic rings. The Kier molecular flexibility index (Phi) is 3.27. The summed E-state index contributed by atoms with van der Waals surface area (Å²) in [6.07, 6.45) is 0.836. The molecule has 0 aliphatic heterocycles. The number of hydrogen-bond acceptors (Lipinski definition) is 1. The Balaban J connectivity index is 3.09. The molecule has 0 fully saturated rings. The first-order valence-corrected chi connectivity index (χ1v) is 4.99. The maximum Gasteiger partial charge on any atom is 0.150 e. The third kappa shape index (κ3) is 2.14. The molecule has 0 aromatic heterocycles. The molecule has 0 atom stereocenters. The first-order chi connectivity index (χ1) is 5.27. The molecular weight excluding hydrogens is 272 g/mol. The predicted molar refractivity (Wildman–Crippen MR) is 52.2 cm³/mol. The number of alkyl halides is 1. The first kappa shape index (κ1) is 8.94. The molecule has 0 saturated carbocycles. The molecule has 0 radical (unpaired) electrons. The average molecular weight is 278 g/mol. The second kappa shape index (κ2) is 4.02. The molecule has 0 amide bonds. The summed E-state index contributed by atoms with van der Waals surface area (Å²) >= 11 is 6.70. The first-order valence-electron chi connectivity index (χ1n) is 3.07. The van der Waals surface area contributed by atoms with Crippen molar-refractivity contribution in [3.8, 4) is 0 Å². The van der Waals surface area contributed by atoms with Gasteiger partial charge in [-0.25, -0.2) is 0 Å². The van der Waals surface area contributed by atoms with Gasteiger partial charge in [-0.2, -0.15) is 0 Å². The largest absolute Gasteiger partial charge is 0.298 e. The standard InChI is InChI=1S/C8H6Br2O/c9-4-7-2-1-6(5-11)3-8(7)10/h1-3,5H,4H2. The maximum absolute atomic E-state index is 10.3. The topological polar surface area (TPSA) is 17.1 Å². The fraction of sp³-hybridized carbons (Fsp3) is 0.125. The summed E-state index contributed by atoms with van der Waals surface area (Å²) in [6.45, 7) is 0. The highest BCUT2D eigenvalue weighted by Crippen LogP contribution is 2.19. The van der Waals surface area contributed by atoms with Gasteiger partial charge in [-0.1, -0.05) is 44.0 Å². The minimum absolute atomic E-state index is 0.696. The average Bonchev–Trinajstić information content (AvgIpc) is 2.04. The van der Waals surface area contributed by atoms with Crippen molar-refractivity contribution in [3.05, 3.63) is 33.8 Å². The molecular formula is C8H6Br2O. The molecule has 0 spiro atoms. The van der Waals surface area contributed by atoms with Crippen LogP contribution < -0.4 is 0 Å². The Morgan fingerprint density at radius 1 is 1.45 bits per heavy atom. The van der Waals surface area contributed by atoms with Crippen LogP contribution in [0.2, 0.25) is 0 Å². The Bertz CT molecular complexity index is 271. The summed E-state index contributed by atoms with van der Waals surface area (Å²) in [7, 11) is 0. The van der Waals surface area contributed by atoms with Crippen molar-refractivity contribution in [3.63, 3.8) is 0 Å². The highest BCUT2D eigenvalue weighted by atomic mass is 79.9. The van der Waals surface area contributed by atoms with Gasteiger partial charge in [0.15, 0.2) is 0 Å². The normalized spacial score (nSPS) is 9.64. The third-order valence-corrected chi connectivity index (χ3v) is 2.70. The van der Waals surface area contributed by atoms with E-state index in [1.807, 2.05) is 12.1 Å². The lowest BCUT2D eigenvalue weighted by Crippen LogP contribution is -1.83. The fourth-order valence-electron chi connectivity index (χ4n) is 0.745. The molecule has 1 aromatic carbocycles. The van der Waals surface area contributed by atoms with Crippen LogP contribution in [0.25, 0.3) is 0 Å². The van der Waals surface area contributed by atoms with E-state index < -0.39 is 0 Å². The van der Waals surface area contributed by atoms with Gasteiger partial charge in [-0.15, -0.1) is 0 Å². The van der Waals surface area contributed by atoms with Crippen LogP contribution >= 0.6 is 31.9 Å². The van der Waals surface area contributed by atoms with Gasteiger partial charge >= 0.3 is 0 Å². The zero-order valence-electron chi connectivity index (χ0n) is 5.68. The van der Waals surface area contributed by atoms with Crippen molar-refractivity contribution in [1.82, 2.24) is 0 Å². The Labute approximate surface area is 82.1 Å². The molecule has 0 heterocycles. The van der Waals surface area contributed by atoms with E-state index in [4.69, 9.17) is 0 Å². The summed E-state index contributed by atoms with van der Waals surface area (Å²) in [5, 5.41) is 0.798. The van der Waals surface area contributed by atoms with Gasteiger partial charge in [0.2, 0.25) is 0 Å². The molecule has 0 unspecified atom stereocenters. The smallest absolute Gasteiger partial charge is 0.150 e. The lowest BCUT2D eigenvalue weighted by Gasteiger charge is -1.99. The maximum atomic E-state index is 10.3. The molecule has 58 valence electrons. The van der Waals surface area contributed by atoms with Gasteiger partial charge in [0, 0.05) is 15.4 Å². The summed E-state index contributed by atoms with van der Waals surface area (Å²) < 4.78 is 0.971. The van der Waals surface area contributed by atoms with Crippen molar-refractivity contribution < 1.29 is 4.79 Å². The number of carbonyl (C=O) groups is 1. The van der Waals surface area contributed by atoms with Crippen LogP contribution in [0.1, 0.15) is 15.9 Å². The van der Waals surface area contributed by atoms with Crippen LogP contribution in [0.5, 0.6) is 0 Å². The quantitative estimate of drug-likeness (QED) is 0.600. The predicted octanol–water partition coefficient (Wildman–Crippen LogP) is 3.16. The lowest BCUT2D eigenvalue weighted by molar-refractivity contribution is 0.112. The van der Waals surface area contributed by atoms with Gasteiger partial charge in [-0.05, 0) is 11.6 Å². The van der Waals surface area contributed by atoms with Gasteiger partial charge in [0.25, 0.3) is 0 Å². The van der Waals surface area contributed by atoms with E-state index in [1.165, 1.54) is 0 Å². The zero-order chi connectivity index (χ0) is 8.27. The minimum atomic E-state index is 0.696. The second-order valence-electron chi connectivity index (χ2n) is 2.10. The molecule has 11 heavy (non-hydrogen) atoms. The van der Waals surface area contributed by atoms with E-state index in [0.29, 0.717) is 5.56 Å². The number of hydrogen-bond donors (Lipinski definition) is 0. The zero-order valence-corrected chi connectivity index (χ0v) is 8.85. The third-order valence-electron chi connectivity index (χ3n) is 1.36. The van der Waals surface area contributed by atoms with E-state index in [2.05, 4.69) is 31.9 Å². The van der Waals surface area contributed by atoms with Crippen LogP contribution in [-0.4, -0.2) is 6.29 Å². The van der Waals surface area contributed by atoms with E-state index in [0.717, 1.165) is 21.7 Å². The number of aldehydes is 1. The van der Waals surface area contributed by atoms with Gasteiger partial charge in [0.1, 0.15) is 6.29 Å². The number of benzene rings is 1. The molecule has 3 heteroatoms. The Hall–Kier alpha value is -0.150. The SMILES string of the molecule is O=Cc1ccc(CBr)c(Br)c1. The monoisotopic (exact) mass is 276 g/mol. The van der Waals surface area contributed by atoms with Crippen LogP contribution in [0.4, 0.5) is 0 Å². The van der Waals surface area contributed by atoms with E-state index in [-0.39, 0.29) is 0 Å². The molecule has 0 saturated heterocycles. The summed E-state index contributed by atoms with van der Waals surface area (Å²) in [6, 6.07) is 5.53. The highest BCUT2D eigenvalue weighted by Gasteiger charge is 1.98. The van der Waals surface area contributed by atoms with Crippen LogP contribution in [0.3, 0.4) is 0 Å². The van der Waals surface area contributed by atoms with Crippen molar-refractivity contribution in [2.75, 3.05) is 0 Å². The summed E-state index contributed by atoms with van der Waals surface area (Å²) in [5.41, 5.74) is 1.84. The molecule has 1 rings (SSSR count). The summed E-state index contributed by atoms with van der Waals surface area (Å²) in [4.78, 5) is 10.3. The molecule has 1 aromatic rings. The van der Waals surface area contributed by atoms with Crippen molar-refractivity contribution >= 4 is 38.1 Å². The van der Waals surface area contributed by atoms with Gasteiger partial charge in [0.05, 0.1) is 0 Å².